The highest BCUT2D eigenvalue weighted by atomic mass is 16.6. The topological polar surface area (TPSA) is 99.0 Å². The lowest BCUT2D eigenvalue weighted by Crippen LogP contribution is -2.58. The highest BCUT2D eigenvalue weighted by Crippen LogP contribution is 2.30. The molecule has 10 heteroatoms. The van der Waals surface area contributed by atoms with Crippen molar-refractivity contribution in [1.29, 1.82) is 0 Å². The van der Waals surface area contributed by atoms with E-state index in [-0.39, 0.29) is 29.8 Å². The Kier molecular flexibility index (Phi) is 10.5. The monoisotopic (exact) mass is 613 g/mol. The predicted molar refractivity (Wildman–Crippen MR) is 172 cm³/mol. The summed E-state index contributed by atoms with van der Waals surface area (Å²) in [5, 5.41) is 8.99. The number of hydrogen-bond donors (Lipinski definition) is 0. The third-order valence-electron chi connectivity index (χ3n) is 7.71. The Balaban J connectivity index is 1.46. The van der Waals surface area contributed by atoms with Crippen LogP contribution >= 0.6 is 0 Å². The number of aromatic nitrogens is 3. The second kappa shape index (κ2) is 14.7. The molecule has 2 aliphatic rings. The third-order valence-corrected chi connectivity index (χ3v) is 7.71. The summed E-state index contributed by atoms with van der Waals surface area (Å²) in [7, 11) is 1.68. The van der Waals surface area contributed by atoms with Gasteiger partial charge < -0.3 is 24.0 Å². The van der Waals surface area contributed by atoms with E-state index in [2.05, 4.69) is 16.4 Å². The molecule has 10 nitrogen and oxygen atoms in total. The molecule has 0 radical (unpaired) electrons. The number of benzene rings is 2. The second-order valence-corrected chi connectivity index (χ2v) is 12.3. The molecule has 0 saturated carbocycles. The average molecular weight is 614 g/mol. The maximum atomic E-state index is 14.5. The molecule has 3 aromatic rings. The van der Waals surface area contributed by atoms with E-state index in [4.69, 9.17) is 14.2 Å². The molecular weight excluding hydrogens is 570 g/mol. The minimum absolute atomic E-state index is 0.120. The number of rotatable bonds is 10. The lowest BCUT2D eigenvalue weighted by molar-refractivity contribution is 0.00427. The van der Waals surface area contributed by atoms with Gasteiger partial charge in [0.2, 0.25) is 0 Å². The van der Waals surface area contributed by atoms with Gasteiger partial charge in [0.05, 0.1) is 17.8 Å². The summed E-state index contributed by atoms with van der Waals surface area (Å²) in [5.74, 6) is -0.224. The van der Waals surface area contributed by atoms with Crippen LogP contribution in [0, 0.1) is 0 Å². The van der Waals surface area contributed by atoms with E-state index in [1.807, 2.05) is 98.5 Å². The van der Waals surface area contributed by atoms with Crippen molar-refractivity contribution in [3.63, 3.8) is 0 Å². The molecule has 5 rings (SSSR count). The van der Waals surface area contributed by atoms with Crippen LogP contribution in [0.1, 0.15) is 49.7 Å². The van der Waals surface area contributed by atoms with Crippen molar-refractivity contribution in [1.82, 2.24) is 24.8 Å². The van der Waals surface area contributed by atoms with Crippen LogP contribution in [0.4, 0.5) is 4.79 Å². The molecule has 0 spiro atoms. The first-order valence-electron chi connectivity index (χ1n) is 15.6. The fourth-order valence-corrected chi connectivity index (χ4v) is 5.61. The van der Waals surface area contributed by atoms with E-state index in [1.54, 1.807) is 16.7 Å². The number of carbonyl (C=O) groups is 2. The minimum Gasteiger partial charge on any atom is -0.444 e. The SMILES string of the molecule is COCCCOC1C=C(n2nnc(C(=O)N3CCN(C(=O)OC(C)(C)C)CC3Cc3ccccc3)c2-c2ccccc2)C=CC1. The van der Waals surface area contributed by atoms with Gasteiger partial charge in [0.1, 0.15) is 11.3 Å². The average Bonchev–Trinajstić information content (AvgIpc) is 3.48. The highest BCUT2D eigenvalue weighted by Gasteiger charge is 2.37. The Morgan fingerprint density at radius 1 is 0.978 bits per heavy atom. The predicted octanol–water partition coefficient (Wildman–Crippen LogP) is 5.47. The Morgan fingerprint density at radius 3 is 2.42 bits per heavy atom. The molecule has 0 N–H and O–H groups in total. The molecule has 2 atom stereocenters. The van der Waals surface area contributed by atoms with Gasteiger partial charge in [-0.05, 0) is 57.7 Å². The van der Waals surface area contributed by atoms with Crippen molar-refractivity contribution >= 4 is 17.7 Å². The van der Waals surface area contributed by atoms with E-state index in [9.17, 15) is 9.59 Å². The molecular formula is C35H43N5O5. The highest BCUT2D eigenvalue weighted by molar-refractivity contribution is 5.99. The quantitative estimate of drug-likeness (QED) is 0.280. The second-order valence-electron chi connectivity index (χ2n) is 12.3. The molecule has 1 aromatic heterocycles. The summed E-state index contributed by atoms with van der Waals surface area (Å²) in [6.07, 6.45) is 7.71. The Labute approximate surface area is 265 Å². The van der Waals surface area contributed by atoms with Crippen LogP contribution in [0.3, 0.4) is 0 Å². The zero-order chi connectivity index (χ0) is 31.8. The first kappa shape index (κ1) is 32.1. The van der Waals surface area contributed by atoms with Crippen molar-refractivity contribution in [3.8, 4) is 11.3 Å². The van der Waals surface area contributed by atoms with Gasteiger partial charge in [0, 0.05) is 45.5 Å². The number of methoxy groups -OCH3 is 1. The first-order valence-corrected chi connectivity index (χ1v) is 15.6. The molecule has 0 bridgehead atoms. The van der Waals surface area contributed by atoms with E-state index in [0.717, 1.165) is 29.7 Å². The van der Waals surface area contributed by atoms with Crippen LogP contribution in [0.15, 0.2) is 78.9 Å². The molecule has 2 unspecified atom stereocenters. The zero-order valence-corrected chi connectivity index (χ0v) is 26.6. The molecule has 45 heavy (non-hydrogen) atoms. The number of allylic oxidation sites excluding steroid dienone is 2. The Bertz CT molecular complexity index is 1500. The van der Waals surface area contributed by atoms with Crippen LogP contribution in [-0.4, -0.2) is 94.5 Å². The van der Waals surface area contributed by atoms with Gasteiger partial charge in [-0.1, -0.05) is 72.0 Å². The smallest absolute Gasteiger partial charge is 0.410 e. The van der Waals surface area contributed by atoms with Crippen molar-refractivity contribution in [2.24, 2.45) is 0 Å². The number of piperazine rings is 1. The number of amides is 2. The van der Waals surface area contributed by atoms with Gasteiger partial charge in [-0.3, -0.25) is 4.79 Å². The fraction of sp³-hybridized carbons (Fsp3) is 0.429. The van der Waals surface area contributed by atoms with E-state index < -0.39 is 5.60 Å². The van der Waals surface area contributed by atoms with Crippen molar-refractivity contribution in [3.05, 3.63) is 90.1 Å². The number of nitrogens with zero attached hydrogens (tertiary/aromatic N) is 5. The van der Waals surface area contributed by atoms with E-state index >= 15 is 0 Å². The Morgan fingerprint density at radius 2 is 1.71 bits per heavy atom. The van der Waals surface area contributed by atoms with Gasteiger partial charge in [0.25, 0.3) is 5.91 Å². The van der Waals surface area contributed by atoms with Gasteiger partial charge in [0.15, 0.2) is 5.69 Å². The molecule has 1 fully saturated rings. The molecule has 2 aromatic carbocycles. The first-order chi connectivity index (χ1) is 21.7. The molecule has 2 amide bonds. The lowest BCUT2D eigenvalue weighted by atomic mass is 10.0. The summed E-state index contributed by atoms with van der Waals surface area (Å²) in [4.78, 5) is 31.0. The third kappa shape index (κ3) is 8.26. The molecule has 1 aliphatic heterocycles. The lowest BCUT2D eigenvalue weighted by Gasteiger charge is -2.41. The summed E-state index contributed by atoms with van der Waals surface area (Å²) in [5.41, 5.74) is 2.96. The molecule has 1 aliphatic carbocycles. The molecule has 2 heterocycles. The number of carbonyl (C=O) groups excluding carboxylic acids is 2. The van der Waals surface area contributed by atoms with Crippen LogP contribution in [-0.2, 0) is 20.6 Å². The van der Waals surface area contributed by atoms with Crippen LogP contribution in [0.2, 0.25) is 0 Å². The standard InChI is InChI=1S/C35H43N5O5/c1-35(2,3)45-34(42)38-19-20-39(29(25-38)23-26-13-7-5-8-14-26)33(41)31-32(27-15-9-6-10-16-27)40(37-36-31)28-17-11-18-30(24-28)44-22-12-21-43-4/h5-11,13-17,24,29-30H,12,18-23,25H2,1-4H3. The fourth-order valence-electron chi connectivity index (χ4n) is 5.61. The molecule has 238 valence electrons. The van der Waals surface area contributed by atoms with Crippen LogP contribution < -0.4 is 0 Å². The molecule has 1 saturated heterocycles. The van der Waals surface area contributed by atoms with Crippen LogP contribution in [0.25, 0.3) is 17.0 Å². The largest absolute Gasteiger partial charge is 0.444 e. The maximum Gasteiger partial charge on any atom is 0.410 e. The minimum atomic E-state index is -0.613. The number of hydrogen-bond acceptors (Lipinski definition) is 7. The number of ether oxygens (including phenoxy) is 3. The summed E-state index contributed by atoms with van der Waals surface area (Å²) < 4.78 is 18.6. The van der Waals surface area contributed by atoms with E-state index in [1.165, 1.54) is 0 Å². The normalized spacial score (nSPS) is 18.5. The van der Waals surface area contributed by atoms with Crippen LogP contribution in [0.5, 0.6) is 0 Å². The maximum absolute atomic E-state index is 14.5. The van der Waals surface area contributed by atoms with Gasteiger partial charge in [-0.25, -0.2) is 9.48 Å². The summed E-state index contributed by atoms with van der Waals surface area (Å²) in [6, 6.07) is 19.4. The van der Waals surface area contributed by atoms with Gasteiger partial charge >= 0.3 is 6.09 Å². The van der Waals surface area contributed by atoms with Crippen molar-refractivity contribution in [2.75, 3.05) is 40.0 Å². The van der Waals surface area contributed by atoms with Gasteiger partial charge in [-0.15, -0.1) is 5.10 Å². The zero-order valence-electron chi connectivity index (χ0n) is 26.6. The summed E-state index contributed by atoms with van der Waals surface area (Å²) >= 11 is 0. The Hall–Kier alpha value is -4.28. The van der Waals surface area contributed by atoms with Crippen molar-refractivity contribution in [2.45, 2.75) is 57.8 Å². The van der Waals surface area contributed by atoms with Gasteiger partial charge in [-0.2, -0.15) is 0 Å². The summed E-state index contributed by atoms with van der Waals surface area (Å²) in [6.45, 7) is 7.84. The van der Waals surface area contributed by atoms with E-state index in [0.29, 0.717) is 45.0 Å². The van der Waals surface area contributed by atoms with Crippen molar-refractivity contribution < 1.29 is 23.8 Å².